The molecule has 2 aliphatic carbocycles. The molecule has 2 rings (SSSR count). The molecule has 0 amide bonds. The van der Waals surface area contributed by atoms with E-state index in [9.17, 15) is 0 Å². The van der Waals surface area contributed by atoms with Crippen LogP contribution in [0.25, 0.3) is 0 Å². The van der Waals surface area contributed by atoms with Gasteiger partial charge in [0.25, 0.3) is 0 Å². The van der Waals surface area contributed by atoms with E-state index in [0.717, 1.165) is 12.0 Å². The Bertz CT molecular complexity index is 226. The minimum atomic E-state index is 0.521. The first-order chi connectivity index (χ1) is 7.39. The Morgan fingerprint density at radius 3 is 2.06 bits per heavy atom. The Balaban J connectivity index is 1.69. The van der Waals surface area contributed by atoms with Gasteiger partial charge in [-0.1, -0.05) is 27.7 Å². The van der Waals surface area contributed by atoms with Gasteiger partial charge in [0.15, 0.2) is 0 Å². The van der Waals surface area contributed by atoms with Crippen molar-refractivity contribution in [3.63, 3.8) is 0 Å². The lowest BCUT2D eigenvalue weighted by Crippen LogP contribution is -2.38. The fourth-order valence-electron chi connectivity index (χ4n) is 2.94. The van der Waals surface area contributed by atoms with Crippen LogP contribution >= 0.6 is 0 Å². The summed E-state index contributed by atoms with van der Waals surface area (Å²) in [6.07, 6.45) is 8.54. The van der Waals surface area contributed by atoms with Crippen LogP contribution in [-0.2, 0) is 0 Å². The van der Waals surface area contributed by atoms with Gasteiger partial charge in [-0.15, -0.1) is 0 Å². The number of hydrogen-bond donors (Lipinski definition) is 1. The second-order valence-corrected chi connectivity index (χ2v) is 7.61. The Morgan fingerprint density at radius 1 is 1.06 bits per heavy atom. The molecule has 0 saturated heterocycles. The van der Waals surface area contributed by atoms with E-state index in [4.69, 9.17) is 0 Å². The molecule has 94 valence electrons. The van der Waals surface area contributed by atoms with Crippen LogP contribution in [0, 0.1) is 16.7 Å². The highest BCUT2D eigenvalue weighted by atomic mass is 14.9. The second kappa shape index (κ2) is 4.33. The predicted molar refractivity (Wildman–Crippen MR) is 70.5 cm³/mol. The third-order valence-corrected chi connectivity index (χ3v) is 4.87. The molecule has 2 saturated carbocycles. The first-order valence-corrected chi connectivity index (χ1v) is 7.12. The molecule has 1 heteroatoms. The Hall–Kier alpha value is -0.0400. The van der Waals surface area contributed by atoms with E-state index in [1.165, 1.54) is 45.1 Å². The van der Waals surface area contributed by atoms with E-state index in [-0.39, 0.29) is 0 Å². The van der Waals surface area contributed by atoms with Crippen LogP contribution in [0.15, 0.2) is 0 Å². The molecule has 0 spiro atoms. The van der Waals surface area contributed by atoms with E-state index in [0.29, 0.717) is 10.8 Å². The summed E-state index contributed by atoms with van der Waals surface area (Å²) >= 11 is 0. The molecule has 0 unspecified atom stereocenters. The lowest BCUT2D eigenvalue weighted by molar-refractivity contribution is 0.158. The Labute approximate surface area is 101 Å². The van der Waals surface area contributed by atoms with Crippen LogP contribution < -0.4 is 5.32 Å². The summed E-state index contributed by atoms with van der Waals surface area (Å²) in [7, 11) is 0. The monoisotopic (exact) mass is 223 g/mol. The normalized spacial score (nSPS) is 33.8. The maximum absolute atomic E-state index is 3.80. The van der Waals surface area contributed by atoms with E-state index >= 15 is 0 Å². The SMILES string of the molecule is CC1(CNC2CCC(C(C)(C)C)CC2)CC1. The first kappa shape index (κ1) is 12.4. The molecule has 0 aliphatic heterocycles. The topological polar surface area (TPSA) is 12.0 Å². The quantitative estimate of drug-likeness (QED) is 0.763. The van der Waals surface area contributed by atoms with Crippen molar-refractivity contribution >= 4 is 0 Å². The van der Waals surface area contributed by atoms with Gasteiger partial charge >= 0.3 is 0 Å². The Kier molecular flexibility index (Phi) is 3.36. The van der Waals surface area contributed by atoms with Crippen molar-refractivity contribution in [3.05, 3.63) is 0 Å². The molecule has 0 aromatic carbocycles. The van der Waals surface area contributed by atoms with E-state index in [1.54, 1.807) is 0 Å². The summed E-state index contributed by atoms with van der Waals surface area (Å²) in [5.74, 6) is 0.946. The van der Waals surface area contributed by atoms with Crippen molar-refractivity contribution in [2.45, 2.75) is 72.3 Å². The highest BCUT2D eigenvalue weighted by Gasteiger charge is 2.37. The zero-order chi connectivity index (χ0) is 11.8. The van der Waals surface area contributed by atoms with Gasteiger partial charge in [-0.2, -0.15) is 0 Å². The van der Waals surface area contributed by atoms with Gasteiger partial charge in [-0.05, 0) is 55.3 Å². The first-order valence-electron chi connectivity index (χ1n) is 7.12. The van der Waals surface area contributed by atoms with Crippen LogP contribution in [0.3, 0.4) is 0 Å². The maximum atomic E-state index is 3.80. The van der Waals surface area contributed by atoms with Crippen molar-refractivity contribution in [1.82, 2.24) is 5.32 Å². The summed E-state index contributed by atoms with van der Waals surface area (Å²) in [6.45, 7) is 10.9. The van der Waals surface area contributed by atoms with Crippen LogP contribution in [0.1, 0.15) is 66.2 Å². The highest BCUT2D eigenvalue weighted by molar-refractivity contribution is 4.92. The molecular formula is C15H29N. The van der Waals surface area contributed by atoms with Crippen molar-refractivity contribution in [2.75, 3.05) is 6.54 Å². The van der Waals surface area contributed by atoms with Gasteiger partial charge in [-0.3, -0.25) is 0 Å². The van der Waals surface area contributed by atoms with E-state index < -0.39 is 0 Å². The molecule has 0 aromatic heterocycles. The molecular weight excluding hydrogens is 194 g/mol. The van der Waals surface area contributed by atoms with Gasteiger partial charge in [-0.25, -0.2) is 0 Å². The molecule has 0 bridgehead atoms. The summed E-state index contributed by atoms with van der Waals surface area (Å²) in [5, 5.41) is 3.80. The average molecular weight is 223 g/mol. The van der Waals surface area contributed by atoms with Gasteiger partial charge < -0.3 is 5.32 Å². The third-order valence-electron chi connectivity index (χ3n) is 4.87. The standard InChI is InChI=1S/C15H29N/c1-14(2,3)12-5-7-13(8-6-12)16-11-15(4)9-10-15/h12-13,16H,5-11H2,1-4H3. The van der Waals surface area contributed by atoms with Gasteiger partial charge in [0.2, 0.25) is 0 Å². The van der Waals surface area contributed by atoms with Gasteiger partial charge in [0.05, 0.1) is 0 Å². The molecule has 0 atom stereocenters. The molecule has 2 fully saturated rings. The number of nitrogens with one attached hydrogen (secondary N) is 1. The number of hydrogen-bond acceptors (Lipinski definition) is 1. The molecule has 0 aromatic rings. The van der Waals surface area contributed by atoms with Gasteiger partial charge in [0.1, 0.15) is 0 Å². The van der Waals surface area contributed by atoms with Crippen molar-refractivity contribution in [2.24, 2.45) is 16.7 Å². The minimum Gasteiger partial charge on any atom is -0.313 e. The number of rotatable bonds is 3. The molecule has 1 nitrogen and oxygen atoms in total. The summed E-state index contributed by atoms with van der Waals surface area (Å²) in [6, 6.07) is 0.816. The largest absolute Gasteiger partial charge is 0.313 e. The zero-order valence-corrected chi connectivity index (χ0v) is 11.6. The average Bonchev–Trinajstić information content (AvgIpc) is 2.94. The fraction of sp³-hybridized carbons (Fsp3) is 1.00. The summed E-state index contributed by atoms with van der Waals surface area (Å²) in [5.41, 5.74) is 1.19. The van der Waals surface area contributed by atoms with Crippen LogP contribution in [0.4, 0.5) is 0 Å². The van der Waals surface area contributed by atoms with E-state index in [2.05, 4.69) is 33.0 Å². The van der Waals surface area contributed by atoms with Crippen LogP contribution in [0.2, 0.25) is 0 Å². The smallest absolute Gasteiger partial charge is 0.00675 e. The molecule has 16 heavy (non-hydrogen) atoms. The fourth-order valence-corrected chi connectivity index (χ4v) is 2.94. The van der Waals surface area contributed by atoms with Gasteiger partial charge in [0, 0.05) is 12.6 Å². The third kappa shape index (κ3) is 3.23. The zero-order valence-electron chi connectivity index (χ0n) is 11.6. The maximum Gasteiger partial charge on any atom is 0.00675 e. The highest BCUT2D eigenvalue weighted by Crippen LogP contribution is 2.44. The lowest BCUT2D eigenvalue weighted by atomic mass is 9.71. The van der Waals surface area contributed by atoms with Crippen molar-refractivity contribution in [3.8, 4) is 0 Å². The molecule has 0 heterocycles. The van der Waals surface area contributed by atoms with E-state index in [1.807, 2.05) is 0 Å². The van der Waals surface area contributed by atoms with Crippen molar-refractivity contribution < 1.29 is 0 Å². The molecule has 2 aliphatic rings. The Morgan fingerprint density at radius 2 is 1.62 bits per heavy atom. The van der Waals surface area contributed by atoms with Crippen LogP contribution in [-0.4, -0.2) is 12.6 Å². The predicted octanol–water partition coefficient (Wildman–Crippen LogP) is 3.98. The second-order valence-electron chi connectivity index (χ2n) is 7.61. The van der Waals surface area contributed by atoms with Crippen LogP contribution in [0.5, 0.6) is 0 Å². The lowest BCUT2D eigenvalue weighted by Gasteiger charge is -2.37. The summed E-state index contributed by atoms with van der Waals surface area (Å²) < 4.78 is 0. The molecule has 1 N–H and O–H groups in total. The summed E-state index contributed by atoms with van der Waals surface area (Å²) in [4.78, 5) is 0. The molecule has 0 radical (unpaired) electrons. The van der Waals surface area contributed by atoms with Crippen molar-refractivity contribution in [1.29, 1.82) is 0 Å². The minimum absolute atomic E-state index is 0.521.